The van der Waals surface area contributed by atoms with Crippen LogP contribution in [0.15, 0.2) is 43.1 Å². The Hall–Kier alpha value is -4.61. The van der Waals surface area contributed by atoms with Crippen LogP contribution in [0, 0.1) is 17.0 Å². The van der Waals surface area contributed by atoms with Crippen LogP contribution in [0.2, 0.25) is 0 Å². The number of methoxy groups -OCH3 is 2. The molecule has 10 nitrogen and oxygen atoms in total. The van der Waals surface area contributed by atoms with E-state index >= 15 is 8.78 Å². The number of halogens is 2. The normalized spacial score (nSPS) is 13.4. The van der Waals surface area contributed by atoms with Gasteiger partial charge < -0.3 is 20.2 Å². The van der Waals surface area contributed by atoms with Crippen molar-refractivity contribution >= 4 is 28.7 Å². The predicted molar refractivity (Wildman–Crippen MR) is 134 cm³/mol. The predicted octanol–water partition coefficient (Wildman–Crippen LogP) is 3.91. The SMILES string of the molecule is CN/C=C(\C(C)=N)c1cc2c(cn1)CN(c1c(F)c(OC)cc(OC)c1F)C(=O)N2Cc1cnccn1. The molecule has 3 aromatic rings. The molecule has 0 bridgehead atoms. The molecule has 37 heavy (non-hydrogen) atoms. The van der Waals surface area contributed by atoms with E-state index in [1.165, 1.54) is 43.9 Å². The maximum atomic E-state index is 15.4. The second kappa shape index (κ2) is 10.6. The number of aromatic nitrogens is 3. The van der Waals surface area contributed by atoms with E-state index in [1.54, 1.807) is 26.2 Å². The summed E-state index contributed by atoms with van der Waals surface area (Å²) in [6, 6.07) is 2.05. The minimum atomic E-state index is -1.04. The summed E-state index contributed by atoms with van der Waals surface area (Å²) in [7, 11) is 4.18. The Kier molecular flexibility index (Phi) is 7.27. The number of urea groups is 1. The molecule has 2 aromatic heterocycles. The zero-order chi connectivity index (χ0) is 26.7. The molecule has 1 aliphatic heterocycles. The molecule has 0 aliphatic carbocycles. The van der Waals surface area contributed by atoms with Crippen molar-refractivity contribution in [3.63, 3.8) is 0 Å². The van der Waals surface area contributed by atoms with Crippen molar-refractivity contribution in [1.82, 2.24) is 20.3 Å². The third-order valence-corrected chi connectivity index (χ3v) is 5.77. The summed E-state index contributed by atoms with van der Waals surface area (Å²) in [5, 5.41) is 11.0. The fourth-order valence-electron chi connectivity index (χ4n) is 4.01. The number of carbonyl (C=O) groups excluding carboxylic acids is 1. The highest BCUT2D eigenvalue weighted by Crippen LogP contribution is 2.41. The molecule has 0 spiro atoms. The van der Waals surface area contributed by atoms with Gasteiger partial charge in [0, 0.05) is 54.8 Å². The number of hydrogen-bond acceptors (Lipinski definition) is 8. The number of carbonyl (C=O) groups is 1. The van der Waals surface area contributed by atoms with Gasteiger partial charge in [-0.25, -0.2) is 13.6 Å². The molecule has 2 amide bonds. The van der Waals surface area contributed by atoms with Gasteiger partial charge in [0.1, 0.15) is 5.69 Å². The third-order valence-electron chi connectivity index (χ3n) is 5.77. The summed E-state index contributed by atoms with van der Waals surface area (Å²) in [6.07, 6.45) is 7.64. The first kappa shape index (κ1) is 25.5. The van der Waals surface area contributed by atoms with E-state index in [1.807, 2.05) is 0 Å². The standard InChI is InChI=1S/C25H25F2N7O3/c1-14(28)17(11-29-2)18-7-19-15(9-32-18)12-34(25(35)33(19)13-16-10-30-5-6-31-16)24-22(26)20(36-3)8-21(37-4)23(24)27/h5-11,28-29H,12-13H2,1-4H3/b17-11+,28-14?. The molecule has 0 unspecified atom stereocenters. The third kappa shape index (κ3) is 4.77. The van der Waals surface area contributed by atoms with Gasteiger partial charge in [-0.1, -0.05) is 0 Å². The van der Waals surface area contributed by atoms with E-state index in [4.69, 9.17) is 14.9 Å². The van der Waals surface area contributed by atoms with Gasteiger partial charge >= 0.3 is 6.03 Å². The summed E-state index contributed by atoms with van der Waals surface area (Å²) in [4.78, 5) is 28.9. The van der Waals surface area contributed by atoms with E-state index in [9.17, 15) is 4.79 Å². The average Bonchev–Trinajstić information content (AvgIpc) is 2.90. The van der Waals surface area contributed by atoms with Crippen molar-refractivity contribution in [2.45, 2.75) is 20.0 Å². The van der Waals surface area contributed by atoms with Crippen LogP contribution in [0.25, 0.3) is 5.57 Å². The Labute approximate surface area is 212 Å². The molecule has 1 aliphatic rings. The molecule has 3 heterocycles. The lowest BCUT2D eigenvalue weighted by Crippen LogP contribution is -2.48. The number of hydrogen-bond donors (Lipinski definition) is 2. The Morgan fingerprint density at radius 2 is 1.84 bits per heavy atom. The van der Waals surface area contributed by atoms with Gasteiger partial charge in [0.25, 0.3) is 0 Å². The molecule has 4 rings (SSSR count). The lowest BCUT2D eigenvalue weighted by atomic mass is 10.0. The van der Waals surface area contributed by atoms with Crippen LogP contribution in [-0.4, -0.2) is 48.0 Å². The maximum Gasteiger partial charge on any atom is 0.329 e. The smallest absolute Gasteiger partial charge is 0.329 e. The van der Waals surface area contributed by atoms with Crippen LogP contribution < -0.4 is 24.6 Å². The van der Waals surface area contributed by atoms with E-state index in [0.29, 0.717) is 28.2 Å². The second-order valence-electron chi connectivity index (χ2n) is 8.08. The van der Waals surface area contributed by atoms with Crippen molar-refractivity contribution in [1.29, 1.82) is 5.41 Å². The van der Waals surface area contributed by atoms with E-state index in [-0.39, 0.29) is 30.3 Å². The minimum Gasteiger partial charge on any atom is -0.493 e. The number of pyridine rings is 1. The molecule has 192 valence electrons. The van der Waals surface area contributed by atoms with Crippen LogP contribution in [0.4, 0.5) is 25.0 Å². The van der Waals surface area contributed by atoms with Gasteiger partial charge in [-0.2, -0.15) is 0 Å². The Morgan fingerprint density at radius 3 is 2.41 bits per heavy atom. The molecule has 0 radical (unpaired) electrons. The van der Waals surface area contributed by atoms with Crippen LogP contribution in [0.5, 0.6) is 11.5 Å². The lowest BCUT2D eigenvalue weighted by Gasteiger charge is -2.37. The van der Waals surface area contributed by atoms with Crippen LogP contribution in [0.3, 0.4) is 0 Å². The van der Waals surface area contributed by atoms with E-state index < -0.39 is 23.4 Å². The molecular weight excluding hydrogens is 484 g/mol. The van der Waals surface area contributed by atoms with Gasteiger partial charge in [0.15, 0.2) is 23.1 Å². The highest BCUT2D eigenvalue weighted by atomic mass is 19.1. The summed E-state index contributed by atoms with van der Waals surface area (Å²) in [5.74, 6) is -2.63. The Balaban J connectivity index is 1.89. The molecule has 0 fully saturated rings. The number of allylic oxidation sites excluding steroid dienone is 1. The summed E-state index contributed by atoms with van der Waals surface area (Å²) >= 11 is 0. The first-order chi connectivity index (χ1) is 17.8. The van der Waals surface area contributed by atoms with Gasteiger partial charge in [-0.15, -0.1) is 0 Å². The fourth-order valence-corrected chi connectivity index (χ4v) is 4.01. The summed E-state index contributed by atoms with van der Waals surface area (Å²) in [6.45, 7) is 1.42. The zero-order valence-electron chi connectivity index (χ0n) is 20.7. The number of amides is 2. The number of nitrogens with zero attached hydrogens (tertiary/aromatic N) is 5. The Morgan fingerprint density at radius 1 is 1.14 bits per heavy atom. The Bertz CT molecular complexity index is 1350. The topological polar surface area (TPSA) is 117 Å². The lowest BCUT2D eigenvalue weighted by molar-refractivity contribution is 0.249. The summed E-state index contributed by atoms with van der Waals surface area (Å²) < 4.78 is 40.9. The van der Waals surface area contributed by atoms with Crippen LogP contribution in [0.1, 0.15) is 23.9 Å². The minimum absolute atomic E-state index is 0.0292. The molecule has 1 aromatic carbocycles. The maximum absolute atomic E-state index is 15.4. The van der Waals surface area contributed by atoms with Gasteiger partial charge in [0.2, 0.25) is 0 Å². The number of benzene rings is 1. The number of rotatable bonds is 8. The van der Waals surface area contributed by atoms with Gasteiger partial charge in [0.05, 0.1) is 50.6 Å². The van der Waals surface area contributed by atoms with Crippen molar-refractivity contribution in [2.24, 2.45) is 0 Å². The second-order valence-corrected chi connectivity index (χ2v) is 8.08. The highest BCUT2D eigenvalue weighted by Gasteiger charge is 2.37. The number of ether oxygens (including phenoxy) is 2. The molecule has 2 N–H and O–H groups in total. The molecular formula is C25H25F2N7O3. The van der Waals surface area contributed by atoms with Gasteiger partial charge in [-0.3, -0.25) is 24.8 Å². The summed E-state index contributed by atoms with van der Waals surface area (Å²) in [5.41, 5.74) is 2.08. The highest BCUT2D eigenvalue weighted by molar-refractivity contribution is 6.20. The van der Waals surface area contributed by atoms with Crippen LogP contribution in [-0.2, 0) is 13.1 Å². The zero-order valence-corrected chi connectivity index (χ0v) is 20.7. The first-order valence-corrected chi connectivity index (χ1v) is 11.2. The van der Waals surface area contributed by atoms with Crippen molar-refractivity contribution in [3.05, 3.63) is 71.7 Å². The molecule has 0 atom stereocenters. The largest absolute Gasteiger partial charge is 0.493 e. The first-order valence-electron chi connectivity index (χ1n) is 11.2. The number of nitrogens with one attached hydrogen (secondary N) is 2. The average molecular weight is 510 g/mol. The van der Waals surface area contributed by atoms with E-state index in [2.05, 4.69) is 20.3 Å². The quantitative estimate of drug-likeness (QED) is 0.442. The monoisotopic (exact) mass is 509 g/mol. The van der Waals surface area contributed by atoms with E-state index in [0.717, 1.165) is 11.0 Å². The molecule has 12 heteroatoms. The number of fused-ring (bicyclic) bond motifs is 1. The van der Waals surface area contributed by atoms with Gasteiger partial charge in [-0.05, 0) is 13.0 Å². The van der Waals surface area contributed by atoms with Crippen LogP contribution >= 0.6 is 0 Å². The molecule has 0 saturated heterocycles. The van der Waals surface area contributed by atoms with Crippen molar-refractivity contribution in [3.8, 4) is 11.5 Å². The number of anilines is 2. The molecule has 0 saturated carbocycles. The van der Waals surface area contributed by atoms with Crippen molar-refractivity contribution in [2.75, 3.05) is 31.1 Å². The fraction of sp³-hybridized carbons (Fsp3) is 0.240. The van der Waals surface area contributed by atoms with Crippen molar-refractivity contribution < 1.29 is 23.0 Å².